The largest absolute Gasteiger partial charge is 0.328 e. The van der Waals surface area contributed by atoms with Gasteiger partial charge in [-0.25, -0.2) is 0 Å². The minimum absolute atomic E-state index is 0.0235. The molecule has 0 spiro atoms. The summed E-state index contributed by atoms with van der Waals surface area (Å²) in [6.07, 6.45) is 5.08. The van der Waals surface area contributed by atoms with Gasteiger partial charge in [-0.15, -0.1) is 0 Å². The van der Waals surface area contributed by atoms with Crippen molar-refractivity contribution in [1.82, 2.24) is 9.97 Å². The molecule has 0 saturated heterocycles. The second kappa shape index (κ2) is 7.05. The predicted octanol–water partition coefficient (Wildman–Crippen LogP) is 4.50. The van der Waals surface area contributed by atoms with E-state index in [2.05, 4.69) is 15.3 Å². The summed E-state index contributed by atoms with van der Waals surface area (Å²) in [5, 5.41) is 5.24. The number of nitrogens with one attached hydrogen (secondary N) is 2. The summed E-state index contributed by atoms with van der Waals surface area (Å²) in [5.41, 5.74) is 1.67. The summed E-state index contributed by atoms with van der Waals surface area (Å²) in [4.78, 5) is 31.7. The molecule has 6 heteroatoms. The van der Waals surface area contributed by atoms with E-state index in [-0.39, 0.29) is 5.56 Å². The van der Waals surface area contributed by atoms with Crippen molar-refractivity contribution in [2.45, 2.75) is 0 Å². The number of hydrogen-bond acceptors (Lipinski definition) is 3. The van der Waals surface area contributed by atoms with E-state index in [0.29, 0.717) is 16.3 Å². The quantitative estimate of drug-likeness (QED) is 0.553. The maximum Gasteiger partial charge on any atom is 0.261 e. The first-order valence-corrected chi connectivity index (χ1v) is 8.62. The van der Waals surface area contributed by atoms with Crippen LogP contribution in [0.25, 0.3) is 21.9 Å². The zero-order valence-electron chi connectivity index (χ0n) is 14.1. The fraction of sp³-hybridized carbons (Fsp3) is 0. The zero-order valence-corrected chi connectivity index (χ0v) is 14.8. The summed E-state index contributed by atoms with van der Waals surface area (Å²) < 4.78 is 0. The van der Waals surface area contributed by atoms with Crippen molar-refractivity contribution in [3.8, 4) is 11.1 Å². The van der Waals surface area contributed by atoms with Gasteiger partial charge in [0.1, 0.15) is 5.56 Å². The zero-order chi connectivity index (χ0) is 18.8. The fourth-order valence-electron chi connectivity index (χ4n) is 2.89. The van der Waals surface area contributed by atoms with Crippen LogP contribution < -0.4 is 10.9 Å². The van der Waals surface area contributed by atoms with Crippen LogP contribution in [0.1, 0.15) is 10.4 Å². The lowest BCUT2D eigenvalue weighted by Crippen LogP contribution is -2.23. The lowest BCUT2D eigenvalue weighted by Gasteiger charge is -2.09. The molecular formula is C21H14ClN3O2. The van der Waals surface area contributed by atoms with Crippen molar-refractivity contribution >= 4 is 34.0 Å². The number of anilines is 1. The number of hydrogen-bond donors (Lipinski definition) is 2. The van der Waals surface area contributed by atoms with E-state index >= 15 is 0 Å². The highest BCUT2D eigenvalue weighted by Gasteiger charge is 2.14. The molecule has 5 nitrogen and oxygen atoms in total. The van der Waals surface area contributed by atoms with Gasteiger partial charge in [0, 0.05) is 45.8 Å². The van der Waals surface area contributed by atoms with Gasteiger partial charge < -0.3 is 10.3 Å². The highest BCUT2D eigenvalue weighted by Crippen LogP contribution is 2.27. The first kappa shape index (κ1) is 17.0. The van der Waals surface area contributed by atoms with Gasteiger partial charge in [-0.3, -0.25) is 14.6 Å². The molecule has 0 bridgehead atoms. The fourth-order valence-corrected chi connectivity index (χ4v) is 3.01. The Morgan fingerprint density at radius 3 is 2.63 bits per heavy atom. The molecular weight excluding hydrogens is 362 g/mol. The summed E-state index contributed by atoms with van der Waals surface area (Å²) >= 11 is 5.85. The Labute approximate surface area is 159 Å². The van der Waals surface area contributed by atoms with Crippen LogP contribution in [0.15, 0.2) is 78.0 Å². The van der Waals surface area contributed by atoms with Crippen LogP contribution >= 0.6 is 11.6 Å². The standard InChI is InChI=1S/C21H14ClN3O2/c22-15-5-7-16(8-6-15)25-21(27)18-9-14(11-24-20(18)26)19-12-23-10-13-3-1-2-4-17(13)19/h1-12H,(H,24,26)(H,25,27). The Balaban J connectivity index is 1.74. The second-order valence-electron chi connectivity index (χ2n) is 6.00. The number of pyridine rings is 2. The average Bonchev–Trinajstić information content (AvgIpc) is 2.69. The van der Waals surface area contributed by atoms with E-state index < -0.39 is 11.5 Å². The van der Waals surface area contributed by atoms with Crippen molar-refractivity contribution in [2.24, 2.45) is 0 Å². The van der Waals surface area contributed by atoms with E-state index in [4.69, 9.17) is 11.6 Å². The van der Waals surface area contributed by atoms with Crippen LogP contribution in [0.3, 0.4) is 0 Å². The minimum atomic E-state index is -0.492. The summed E-state index contributed by atoms with van der Waals surface area (Å²) in [7, 11) is 0. The number of carbonyl (C=O) groups is 1. The van der Waals surface area contributed by atoms with Crippen LogP contribution in [-0.4, -0.2) is 15.9 Å². The highest BCUT2D eigenvalue weighted by molar-refractivity contribution is 6.30. The molecule has 2 aromatic carbocycles. The highest BCUT2D eigenvalue weighted by atomic mass is 35.5. The van der Waals surface area contributed by atoms with Gasteiger partial charge >= 0.3 is 0 Å². The molecule has 1 amide bonds. The van der Waals surface area contributed by atoms with E-state index in [0.717, 1.165) is 16.3 Å². The number of halogens is 1. The third-order valence-corrected chi connectivity index (χ3v) is 4.48. The number of amides is 1. The van der Waals surface area contributed by atoms with Gasteiger partial charge in [0.15, 0.2) is 0 Å². The van der Waals surface area contributed by atoms with Crippen molar-refractivity contribution in [3.05, 3.63) is 94.1 Å². The Hall–Kier alpha value is -3.44. The van der Waals surface area contributed by atoms with Crippen molar-refractivity contribution < 1.29 is 4.79 Å². The summed E-state index contributed by atoms with van der Waals surface area (Å²) in [6.45, 7) is 0. The van der Waals surface area contributed by atoms with E-state index in [1.807, 2.05) is 24.3 Å². The lowest BCUT2D eigenvalue weighted by molar-refractivity contribution is 0.102. The molecule has 132 valence electrons. The number of H-pyrrole nitrogens is 1. The van der Waals surface area contributed by atoms with Crippen molar-refractivity contribution in [3.63, 3.8) is 0 Å². The number of carbonyl (C=O) groups excluding carboxylic acids is 1. The van der Waals surface area contributed by atoms with Gasteiger partial charge in [0.25, 0.3) is 11.5 Å². The molecule has 0 radical (unpaired) electrons. The number of rotatable bonds is 3. The van der Waals surface area contributed by atoms with E-state index in [9.17, 15) is 9.59 Å². The molecule has 0 fully saturated rings. The van der Waals surface area contributed by atoms with Gasteiger partial charge in [0.2, 0.25) is 0 Å². The van der Waals surface area contributed by atoms with Crippen LogP contribution in [0.5, 0.6) is 0 Å². The van der Waals surface area contributed by atoms with Crippen LogP contribution in [0.4, 0.5) is 5.69 Å². The normalized spacial score (nSPS) is 10.7. The molecule has 2 N–H and O–H groups in total. The molecule has 0 aliphatic rings. The Kier molecular flexibility index (Phi) is 4.44. The number of aromatic nitrogens is 2. The maximum atomic E-state index is 12.6. The van der Waals surface area contributed by atoms with E-state index in [1.165, 1.54) is 0 Å². The summed E-state index contributed by atoms with van der Waals surface area (Å²) in [6, 6.07) is 16.1. The SMILES string of the molecule is O=C(Nc1ccc(Cl)cc1)c1cc(-c2cncc3ccccc23)c[nH]c1=O. The van der Waals surface area contributed by atoms with Gasteiger partial charge in [-0.1, -0.05) is 35.9 Å². The van der Waals surface area contributed by atoms with E-state index in [1.54, 1.807) is 48.9 Å². The molecule has 0 atom stereocenters. The van der Waals surface area contributed by atoms with Crippen molar-refractivity contribution in [1.29, 1.82) is 0 Å². The Bertz CT molecular complexity index is 1190. The van der Waals surface area contributed by atoms with Gasteiger partial charge in [0.05, 0.1) is 0 Å². The number of aromatic amines is 1. The summed E-state index contributed by atoms with van der Waals surface area (Å²) in [5.74, 6) is -0.492. The molecule has 0 unspecified atom stereocenters. The minimum Gasteiger partial charge on any atom is -0.328 e. The first-order chi connectivity index (χ1) is 13.1. The Morgan fingerprint density at radius 2 is 1.81 bits per heavy atom. The molecule has 0 saturated carbocycles. The molecule has 0 aliphatic carbocycles. The lowest BCUT2D eigenvalue weighted by atomic mass is 10.0. The third kappa shape index (κ3) is 3.45. The average molecular weight is 376 g/mol. The second-order valence-corrected chi connectivity index (χ2v) is 6.44. The smallest absolute Gasteiger partial charge is 0.261 e. The third-order valence-electron chi connectivity index (χ3n) is 4.23. The predicted molar refractivity (Wildman–Crippen MR) is 107 cm³/mol. The number of benzene rings is 2. The van der Waals surface area contributed by atoms with Crippen molar-refractivity contribution in [2.75, 3.05) is 5.32 Å². The van der Waals surface area contributed by atoms with Crippen LogP contribution in [0.2, 0.25) is 5.02 Å². The Morgan fingerprint density at radius 1 is 1.04 bits per heavy atom. The topological polar surface area (TPSA) is 74.8 Å². The molecule has 0 aliphatic heterocycles. The van der Waals surface area contributed by atoms with Crippen LogP contribution in [0, 0.1) is 0 Å². The molecule has 4 aromatic rings. The first-order valence-electron chi connectivity index (χ1n) is 8.24. The number of nitrogens with zero attached hydrogens (tertiary/aromatic N) is 1. The van der Waals surface area contributed by atoms with Gasteiger partial charge in [-0.2, -0.15) is 0 Å². The van der Waals surface area contributed by atoms with Crippen LogP contribution in [-0.2, 0) is 0 Å². The maximum absolute atomic E-state index is 12.6. The number of fused-ring (bicyclic) bond motifs is 1. The van der Waals surface area contributed by atoms with Gasteiger partial charge in [-0.05, 0) is 35.7 Å². The molecule has 2 heterocycles. The molecule has 2 aromatic heterocycles. The monoisotopic (exact) mass is 375 g/mol. The molecule has 27 heavy (non-hydrogen) atoms. The molecule has 4 rings (SSSR count).